The number of methoxy groups -OCH3 is 1. The zero-order valence-electron chi connectivity index (χ0n) is 13.5. The van der Waals surface area contributed by atoms with E-state index in [2.05, 4.69) is 11.7 Å². The molecule has 0 atom stereocenters. The lowest BCUT2D eigenvalue weighted by atomic mass is 10.1. The second kappa shape index (κ2) is 7.09. The second-order valence-electron chi connectivity index (χ2n) is 5.05. The predicted molar refractivity (Wildman–Crippen MR) is 87.0 cm³/mol. The summed E-state index contributed by atoms with van der Waals surface area (Å²) in [6.07, 6.45) is 1.64. The molecule has 0 aliphatic carbocycles. The number of carbonyl (C=O) groups is 1. The minimum Gasteiger partial charge on any atom is -0.497 e. The maximum absolute atomic E-state index is 14.3. The molecule has 122 valence electrons. The number of nitrogens with zero attached hydrogens (tertiary/aromatic N) is 3. The summed E-state index contributed by atoms with van der Waals surface area (Å²) in [5.74, 6) is -0.208. The highest BCUT2D eigenvalue weighted by Crippen LogP contribution is 2.27. The number of halogens is 1. The van der Waals surface area contributed by atoms with E-state index in [9.17, 15) is 9.18 Å². The fourth-order valence-corrected chi connectivity index (χ4v) is 2.28. The van der Waals surface area contributed by atoms with Crippen molar-refractivity contribution in [3.8, 4) is 17.0 Å². The van der Waals surface area contributed by atoms with E-state index in [1.54, 1.807) is 36.0 Å². The Morgan fingerprint density at radius 1 is 1.48 bits per heavy atom. The van der Waals surface area contributed by atoms with Crippen LogP contribution in [0, 0.1) is 5.82 Å². The summed E-state index contributed by atoms with van der Waals surface area (Å²) in [5.41, 5.74) is 1.22. The summed E-state index contributed by atoms with van der Waals surface area (Å²) in [5, 5.41) is 4.29. The number of hydrogen-bond donors (Lipinski definition) is 0. The van der Waals surface area contributed by atoms with Crippen LogP contribution in [0.4, 0.5) is 4.39 Å². The van der Waals surface area contributed by atoms with Crippen LogP contribution in [0.2, 0.25) is 0 Å². The molecule has 0 radical (unpaired) electrons. The quantitative estimate of drug-likeness (QED) is 0.770. The molecule has 0 fully saturated rings. The fourth-order valence-electron chi connectivity index (χ4n) is 2.28. The Bertz CT molecular complexity index is 725. The van der Waals surface area contributed by atoms with Gasteiger partial charge < -0.3 is 9.64 Å². The van der Waals surface area contributed by atoms with E-state index in [1.807, 2.05) is 6.92 Å². The molecule has 1 heterocycles. The van der Waals surface area contributed by atoms with E-state index in [4.69, 9.17) is 4.74 Å². The van der Waals surface area contributed by atoms with Crippen LogP contribution in [-0.2, 0) is 6.54 Å². The molecule has 6 heteroatoms. The normalized spacial score (nSPS) is 10.4. The third-order valence-corrected chi connectivity index (χ3v) is 3.50. The maximum atomic E-state index is 14.3. The van der Waals surface area contributed by atoms with Crippen LogP contribution in [0.15, 0.2) is 36.9 Å². The first-order valence-electron chi connectivity index (χ1n) is 7.29. The number of rotatable bonds is 6. The molecule has 0 spiro atoms. The average Bonchev–Trinajstić information content (AvgIpc) is 2.98. The number of amides is 1. The van der Waals surface area contributed by atoms with Crippen LogP contribution in [0.1, 0.15) is 17.4 Å². The third-order valence-electron chi connectivity index (χ3n) is 3.50. The topological polar surface area (TPSA) is 47.4 Å². The first kappa shape index (κ1) is 16.7. The summed E-state index contributed by atoms with van der Waals surface area (Å²) in [6.45, 7) is 6.45. The number of carbonyl (C=O) groups excluding carboxylic acids is 1. The summed E-state index contributed by atoms with van der Waals surface area (Å²) < 4.78 is 20.9. The highest BCUT2D eigenvalue weighted by Gasteiger charge is 2.19. The first-order chi connectivity index (χ1) is 11.0. The smallest absolute Gasteiger partial charge is 0.274 e. The molecular formula is C17H20FN3O2. The second-order valence-corrected chi connectivity index (χ2v) is 5.05. The molecule has 0 saturated heterocycles. The summed E-state index contributed by atoms with van der Waals surface area (Å²) in [6, 6.07) is 6.22. The standard InChI is InChI=1S/C17H20FN3O2/c1-5-9-20(3)17(22)15-11-16(21(6-2)19-15)13-8-7-12(23-4)10-14(13)18/h5,7-8,10-11H,1,6,9H2,2-4H3. The first-order valence-corrected chi connectivity index (χ1v) is 7.29. The molecule has 0 saturated carbocycles. The summed E-state index contributed by atoms with van der Waals surface area (Å²) in [4.78, 5) is 13.8. The monoisotopic (exact) mass is 317 g/mol. The Morgan fingerprint density at radius 3 is 2.78 bits per heavy atom. The highest BCUT2D eigenvalue weighted by atomic mass is 19.1. The fraction of sp³-hybridized carbons (Fsp3) is 0.294. The Kier molecular flexibility index (Phi) is 5.16. The zero-order chi connectivity index (χ0) is 17.0. The van der Waals surface area contributed by atoms with Gasteiger partial charge >= 0.3 is 0 Å². The van der Waals surface area contributed by atoms with Crippen molar-refractivity contribution in [1.82, 2.24) is 14.7 Å². The third kappa shape index (κ3) is 3.41. The molecule has 1 aromatic heterocycles. The van der Waals surface area contributed by atoms with Crippen LogP contribution in [0.5, 0.6) is 5.75 Å². The molecule has 2 aromatic rings. The van der Waals surface area contributed by atoms with Crippen molar-refractivity contribution in [1.29, 1.82) is 0 Å². The molecular weight excluding hydrogens is 297 g/mol. The number of aromatic nitrogens is 2. The van der Waals surface area contributed by atoms with Crippen LogP contribution >= 0.6 is 0 Å². The van der Waals surface area contributed by atoms with E-state index in [0.717, 1.165) is 0 Å². The van der Waals surface area contributed by atoms with Crippen molar-refractivity contribution in [3.05, 3.63) is 48.4 Å². The maximum Gasteiger partial charge on any atom is 0.274 e. The van der Waals surface area contributed by atoms with Crippen LogP contribution in [0.25, 0.3) is 11.3 Å². The van der Waals surface area contributed by atoms with Gasteiger partial charge in [0.2, 0.25) is 0 Å². The van der Waals surface area contributed by atoms with Crippen LogP contribution < -0.4 is 4.74 Å². The Hall–Kier alpha value is -2.63. The lowest BCUT2D eigenvalue weighted by molar-refractivity contribution is 0.0803. The Labute approximate surface area is 135 Å². The summed E-state index contributed by atoms with van der Waals surface area (Å²) in [7, 11) is 3.15. The average molecular weight is 317 g/mol. The Morgan fingerprint density at radius 2 is 2.22 bits per heavy atom. The number of likely N-dealkylation sites (N-methyl/N-ethyl adjacent to an activating group) is 1. The molecule has 1 aromatic carbocycles. The van der Waals surface area contributed by atoms with Crippen molar-refractivity contribution < 1.29 is 13.9 Å². The number of ether oxygens (including phenoxy) is 1. The minimum absolute atomic E-state index is 0.229. The number of benzene rings is 1. The van der Waals surface area contributed by atoms with Crippen LogP contribution in [-0.4, -0.2) is 41.3 Å². The molecule has 0 bridgehead atoms. The molecule has 0 N–H and O–H groups in total. The van der Waals surface area contributed by atoms with Gasteiger partial charge in [-0.2, -0.15) is 5.10 Å². The van der Waals surface area contributed by atoms with Crippen molar-refractivity contribution in [2.45, 2.75) is 13.5 Å². The van der Waals surface area contributed by atoms with Gasteiger partial charge in [0.15, 0.2) is 5.69 Å². The number of hydrogen-bond acceptors (Lipinski definition) is 3. The zero-order valence-corrected chi connectivity index (χ0v) is 13.5. The van der Waals surface area contributed by atoms with Gasteiger partial charge in [0, 0.05) is 31.8 Å². The molecule has 0 unspecified atom stereocenters. The van der Waals surface area contributed by atoms with E-state index < -0.39 is 5.82 Å². The van der Waals surface area contributed by atoms with E-state index in [-0.39, 0.29) is 11.6 Å². The van der Waals surface area contributed by atoms with Gasteiger partial charge in [0.05, 0.1) is 12.8 Å². The van der Waals surface area contributed by atoms with Gasteiger partial charge in [0.25, 0.3) is 5.91 Å². The van der Waals surface area contributed by atoms with Crippen molar-refractivity contribution >= 4 is 5.91 Å². The van der Waals surface area contributed by atoms with Gasteiger partial charge in [-0.1, -0.05) is 6.08 Å². The lowest BCUT2D eigenvalue weighted by Gasteiger charge is -2.12. The van der Waals surface area contributed by atoms with Crippen molar-refractivity contribution in [2.75, 3.05) is 20.7 Å². The Balaban J connectivity index is 2.44. The molecule has 5 nitrogen and oxygen atoms in total. The molecule has 0 aliphatic heterocycles. The highest BCUT2D eigenvalue weighted by molar-refractivity contribution is 5.93. The van der Waals surface area contributed by atoms with Crippen molar-refractivity contribution in [2.24, 2.45) is 0 Å². The van der Waals surface area contributed by atoms with Gasteiger partial charge in [-0.05, 0) is 25.1 Å². The minimum atomic E-state index is -0.419. The summed E-state index contributed by atoms with van der Waals surface area (Å²) >= 11 is 0. The van der Waals surface area contributed by atoms with Gasteiger partial charge in [-0.25, -0.2) is 4.39 Å². The molecule has 0 aliphatic rings. The largest absolute Gasteiger partial charge is 0.497 e. The molecule has 1 amide bonds. The van der Waals surface area contributed by atoms with E-state index >= 15 is 0 Å². The van der Waals surface area contributed by atoms with Crippen molar-refractivity contribution in [3.63, 3.8) is 0 Å². The van der Waals surface area contributed by atoms with Gasteiger partial charge in [-0.3, -0.25) is 9.48 Å². The van der Waals surface area contributed by atoms with Crippen LogP contribution in [0.3, 0.4) is 0 Å². The van der Waals surface area contributed by atoms with Gasteiger partial charge in [0.1, 0.15) is 11.6 Å². The van der Waals surface area contributed by atoms with E-state index in [0.29, 0.717) is 30.1 Å². The molecule has 2 rings (SSSR count). The predicted octanol–water partition coefficient (Wildman–Crippen LogP) is 2.98. The number of aryl methyl sites for hydroxylation is 1. The van der Waals surface area contributed by atoms with E-state index in [1.165, 1.54) is 18.1 Å². The SMILES string of the molecule is C=CCN(C)C(=O)c1cc(-c2ccc(OC)cc2F)n(CC)n1. The molecule has 23 heavy (non-hydrogen) atoms. The lowest BCUT2D eigenvalue weighted by Crippen LogP contribution is -2.27. The van der Waals surface area contributed by atoms with Gasteiger partial charge in [-0.15, -0.1) is 6.58 Å².